The largest absolute Gasteiger partial charge is 0.370 e. The maximum atomic E-state index is 12.8. The van der Waals surface area contributed by atoms with Crippen molar-refractivity contribution in [3.8, 4) is 0 Å². The quantitative estimate of drug-likeness (QED) is 0.838. The molecule has 2 aromatic rings. The van der Waals surface area contributed by atoms with E-state index in [2.05, 4.69) is 48.8 Å². The summed E-state index contributed by atoms with van der Waals surface area (Å²) in [5, 5.41) is 2.43. The van der Waals surface area contributed by atoms with E-state index in [1.54, 1.807) is 0 Å². The first kappa shape index (κ1) is 16.6. The van der Waals surface area contributed by atoms with Crippen LogP contribution in [0.3, 0.4) is 0 Å². The number of hydrogen-bond acceptors (Lipinski definition) is 3. The molecule has 4 rings (SSSR count). The molecule has 1 aliphatic carbocycles. The van der Waals surface area contributed by atoms with Crippen LogP contribution in [0.2, 0.25) is 0 Å². The summed E-state index contributed by atoms with van der Waals surface area (Å²) < 4.78 is 0. The maximum Gasteiger partial charge on any atom is 0.173 e. The van der Waals surface area contributed by atoms with Crippen molar-refractivity contribution in [1.29, 1.82) is 0 Å². The smallest absolute Gasteiger partial charge is 0.173 e. The summed E-state index contributed by atoms with van der Waals surface area (Å²) in [6.45, 7) is 12.0. The standard InChI is InChI=1S/C22H28N2O/c1-4-11-23-12-6-13-24(15-14-23)19-10-9-18-20-16(19)7-5-8-17(20)21(25)22(18,2)3/h5,7-10H,4,6,11-15H2,1-3H3. The highest BCUT2D eigenvalue weighted by Gasteiger charge is 2.40. The number of carbonyl (C=O) groups is 1. The fourth-order valence-electron chi connectivity index (χ4n) is 4.59. The van der Waals surface area contributed by atoms with Gasteiger partial charge in [-0.3, -0.25) is 4.79 Å². The Hall–Kier alpha value is -1.87. The Morgan fingerprint density at radius 3 is 2.68 bits per heavy atom. The zero-order valence-electron chi connectivity index (χ0n) is 15.6. The molecule has 0 atom stereocenters. The van der Waals surface area contributed by atoms with Crippen LogP contribution in [-0.2, 0) is 5.41 Å². The molecule has 0 aromatic heterocycles. The van der Waals surface area contributed by atoms with Gasteiger partial charge in [-0.1, -0.05) is 31.2 Å². The number of benzene rings is 2. The minimum absolute atomic E-state index is 0.259. The third kappa shape index (κ3) is 2.56. The van der Waals surface area contributed by atoms with Gasteiger partial charge in [-0.05, 0) is 56.8 Å². The average molecular weight is 336 g/mol. The lowest BCUT2D eigenvalue weighted by Crippen LogP contribution is -2.31. The SMILES string of the molecule is CCCN1CCCN(c2ccc3c4c(cccc24)C(=O)C3(C)C)CC1. The second-order valence-corrected chi connectivity index (χ2v) is 8.00. The minimum Gasteiger partial charge on any atom is -0.370 e. The van der Waals surface area contributed by atoms with E-state index in [4.69, 9.17) is 0 Å². The lowest BCUT2D eigenvalue weighted by Gasteiger charge is -2.26. The number of anilines is 1. The summed E-state index contributed by atoms with van der Waals surface area (Å²) in [7, 11) is 0. The van der Waals surface area contributed by atoms with Crippen LogP contribution in [0.1, 0.15) is 49.5 Å². The van der Waals surface area contributed by atoms with Gasteiger partial charge in [0.1, 0.15) is 0 Å². The van der Waals surface area contributed by atoms with Crippen LogP contribution in [-0.4, -0.2) is 43.4 Å². The molecule has 1 aliphatic heterocycles. The van der Waals surface area contributed by atoms with Gasteiger partial charge in [0.2, 0.25) is 0 Å². The van der Waals surface area contributed by atoms with Gasteiger partial charge >= 0.3 is 0 Å². The van der Waals surface area contributed by atoms with E-state index in [1.807, 2.05) is 12.1 Å². The Balaban J connectivity index is 1.76. The van der Waals surface area contributed by atoms with Crippen molar-refractivity contribution < 1.29 is 4.79 Å². The summed E-state index contributed by atoms with van der Waals surface area (Å²) in [5.74, 6) is 0.259. The monoisotopic (exact) mass is 336 g/mol. The molecule has 0 N–H and O–H groups in total. The molecule has 132 valence electrons. The number of nitrogens with zero attached hydrogens (tertiary/aromatic N) is 2. The average Bonchev–Trinajstić information content (AvgIpc) is 2.77. The summed E-state index contributed by atoms with van der Waals surface area (Å²) in [4.78, 5) is 17.9. The van der Waals surface area contributed by atoms with Crippen LogP contribution in [0.15, 0.2) is 30.3 Å². The predicted molar refractivity (Wildman–Crippen MR) is 105 cm³/mol. The highest BCUT2D eigenvalue weighted by Crippen LogP contribution is 2.45. The molecule has 3 heteroatoms. The molecular formula is C22H28N2O. The van der Waals surface area contributed by atoms with Gasteiger partial charge in [-0.2, -0.15) is 0 Å². The highest BCUT2D eigenvalue weighted by atomic mass is 16.1. The zero-order valence-corrected chi connectivity index (χ0v) is 15.6. The molecule has 0 amide bonds. The first-order valence-electron chi connectivity index (χ1n) is 9.62. The van der Waals surface area contributed by atoms with Gasteiger partial charge in [0.05, 0.1) is 5.41 Å². The van der Waals surface area contributed by atoms with Crippen molar-refractivity contribution in [3.05, 3.63) is 41.5 Å². The van der Waals surface area contributed by atoms with Crippen molar-refractivity contribution in [3.63, 3.8) is 0 Å². The number of rotatable bonds is 3. The van der Waals surface area contributed by atoms with Crippen molar-refractivity contribution in [2.45, 2.75) is 39.0 Å². The molecule has 25 heavy (non-hydrogen) atoms. The second kappa shape index (κ2) is 6.14. The van der Waals surface area contributed by atoms with E-state index in [0.29, 0.717) is 0 Å². The zero-order chi connectivity index (χ0) is 17.6. The normalized spacial score (nSPS) is 20.3. The van der Waals surface area contributed by atoms with E-state index >= 15 is 0 Å². The lowest BCUT2D eigenvalue weighted by atomic mass is 9.84. The van der Waals surface area contributed by atoms with Crippen molar-refractivity contribution in [2.75, 3.05) is 37.6 Å². The Kier molecular flexibility index (Phi) is 4.07. The van der Waals surface area contributed by atoms with Gasteiger partial charge in [-0.25, -0.2) is 0 Å². The molecule has 0 unspecified atom stereocenters. The Morgan fingerprint density at radius 1 is 1.04 bits per heavy atom. The van der Waals surface area contributed by atoms with Crippen LogP contribution < -0.4 is 4.90 Å². The molecule has 0 radical (unpaired) electrons. The van der Waals surface area contributed by atoms with Crippen LogP contribution in [0, 0.1) is 0 Å². The Morgan fingerprint density at radius 2 is 1.88 bits per heavy atom. The summed E-state index contributed by atoms with van der Waals surface area (Å²) >= 11 is 0. The highest BCUT2D eigenvalue weighted by molar-refractivity contribution is 6.21. The summed E-state index contributed by atoms with van der Waals surface area (Å²) in [6, 6.07) is 10.7. The van der Waals surface area contributed by atoms with E-state index in [0.717, 1.165) is 25.2 Å². The Labute approximate surface area is 150 Å². The molecule has 2 aromatic carbocycles. The fourth-order valence-corrected chi connectivity index (χ4v) is 4.59. The second-order valence-electron chi connectivity index (χ2n) is 8.00. The van der Waals surface area contributed by atoms with Crippen LogP contribution in [0.5, 0.6) is 0 Å². The number of Topliss-reactive ketones (excluding diaryl/α,β-unsaturated/α-hetero) is 1. The molecule has 0 spiro atoms. The van der Waals surface area contributed by atoms with E-state index in [9.17, 15) is 4.79 Å². The molecule has 1 saturated heterocycles. The molecular weight excluding hydrogens is 308 g/mol. The van der Waals surface area contributed by atoms with Crippen molar-refractivity contribution in [2.24, 2.45) is 0 Å². The van der Waals surface area contributed by atoms with E-state index < -0.39 is 5.41 Å². The van der Waals surface area contributed by atoms with Gasteiger partial charge in [0, 0.05) is 36.3 Å². The molecule has 2 aliphatic rings. The summed E-state index contributed by atoms with van der Waals surface area (Å²) in [5.41, 5.74) is 2.98. The predicted octanol–water partition coefficient (Wildman–Crippen LogP) is 4.24. The van der Waals surface area contributed by atoms with Crippen LogP contribution in [0.4, 0.5) is 5.69 Å². The molecule has 1 heterocycles. The van der Waals surface area contributed by atoms with E-state index in [-0.39, 0.29) is 5.78 Å². The third-order valence-electron chi connectivity index (χ3n) is 5.97. The third-order valence-corrected chi connectivity index (χ3v) is 5.97. The van der Waals surface area contributed by atoms with E-state index in [1.165, 1.54) is 48.0 Å². The molecule has 0 saturated carbocycles. The maximum absolute atomic E-state index is 12.8. The van der Waals surface area contributed by atoms with Crippen molar-refractivity contribution in [1.82, 2.24) is 4.90 Å². The number of hydrogen-bond donors (Lipinski definition) is 0. The van der Waals surface area contributed by atoms with Gasteiger partial charge < -0.3 is 9.80 Å². The topological polar surface area (TPSA) is 23.6 Å². The van der Waals surface area contributed by atoms with Crippen LogP contribution in [0.25, 0.3) is 10.8 Å². The molecule has 1 fully saturated rings. The van der Waals surface area contributed by atoms with Crippen molar-refractivity contribution >= 4 is 22.2 Å². The first-order chi connectivity index (χ1) is 12.0. The molecule has 0 bridgehead atoms. The Bertz CT molecular complexity index is 824. The number of carbonyl (C=O) groups excluding carboxylic acids is 1. The van der Waals surface area contributed by atoms with Gasteiger partial charge in [0.25, 0.3) is 0 Å². The van der Waals surface area contributed by atoms with Gasteiger partial charge in [0.15, 0.2) is 5.78 Å². The number of ketones is 1. The first-order valence-corrected chi connectivity index (χ1v) is 9.62. The van der Waals surface area contributed by atoms with Crippen LogP contribution >= 0.6 is 0 Å². The fraction of sp³-hybridized carbons (Fsp3) is 0.500. The van der Waals surface area contributed by atoms with Gasteiger partial charge in [-0.15, -0.1) is 0 Å². The summed E-state index contributed by atoms with van der Waals surface area (Å²) in [6.07, 6.45) is 2.42. The lowest BCUT2D eigenvalue weighted by molar-refractivity contribution is 0.0920. The molecule has 3 nitrogen and oxygen atoms in total. The minimum atomic E-state index is -0.406.